The SMILES string of the molecule is CCS(=O)(=O)c1c(NC2CC2)sc(C(=O)C2CC2)c1N. The fourth-order valence-electron chi connectivity index (χ4n) is 2.10. The average molecular weight is 314 g/mol. The standard InChI is InChI=1S/C13H18N2O3S2/c1-2-20(17,18)12-9(14)11(10(16)7-3-4-7)19-13(12)15-8-5-6-8/h7-8,15H,2-6,14H2,1H3. The van der Waals surface area contributed by atoms with E-state index in [0.717, 1.165) is 25.7 Å². The third-order valence-electron chi connectivity index (χ3n) is 3.68. The minimum atomic E-state index is -3.42. The molecule has 0 saturated heterocycles. The molecule has 5 nitrogen and oxygen atoms in total. The third-order valence-corrected chi connectivity index (χ3v) is 6.76. The predicted molar refractivity (Wildman–Crippen MR) is 80.2 cm³/mol. The molecule has 7 heteroatoms. The number of rotatable bonds is 6. The summed E-state index contributed by atoms with van der Waals surface area (Å²) >= 11 is 1.21. The van der Waals surface area contributed by atoms with Gasteiger partial charge in [0.15, 0.2) is 15.6 Å². The van der Waals surface area contributed by atoms with Crippen molar-refractivity contribution in [1.29, 1.82) is 0 Å². The Kier molecular flexibility index (Phi) is 3.29. The monoisotopic (exact) mass is 314 g/mol. The van der Waals surface area contributed by atoms with Crippen molar-refractivity contribution in [2.75, 3.05) is 16.8 Å². The second-order valence-electron chi connectivity index (χ2n) is 5.46. The smallest absolute Gasteiger partial charge is 0.183 e. The molecule has 3 N–H and O–H groups in total. The number of anilines is 2. The van der Waals surface area contributed by atoms with Crippen molar-refractivity contribution < 1.29 is 13.2 Å². The van der Waals surface area contributed by atoms with Gasteiger partial charge < -0.3 is 11.1 Å². The van der Waals surface area contributed by atoms with Crippen LogP contribution < -0.4 is 11.1 Å². The van der Waals surface area contributed by atoms with E-state index >= 15 is 0 Å². The number of ketones is 1. The normalized spacial score (nSPS) is 19.1. The Morgan fingerprint density at radius 2 is 2.00 bits per heavy atom. The number of sulfone groups is 1. The first kappa shape index (κ1) is 13.9. The van der Waals surface area contributed by atoms with Crippen molar-refractivity contribution in [1.82, 2.24) is 0 Å². The Balaban J connectivity index is 2.06. The molecule has 0 bridgehead atoms. The van der Waals surface area contributed by atoms with Gasteiger partial charge in [-0.25, -0.2) is 8.42 Å². The van der Waals surface area contributed by atoms with E-state index in [9.17, 15) is 13.2 Å². The predicted octanol–water partition coefficient (Wildman–Crippen LogP) is 2.29. The lowest BCUT2D eigenvalue weighted by Gasteiger charge is -2.06. The van der Waals surface area contributed by atoms with E-state index in [2.05, 4.69) is 5.32 Å². The quantitative estimate of drug-likeness (QED) is 0.786. The molecule has 1 heterocycles. The molecule has 1 aromatic heterocycles. The number of carbonyl (C=O) groups excluding carboxylic acids is 1. The summed E-state index contributed by atoms with van der Waals surface area (Å²) in [6.07, 6.45) is 3.85. The second-order valence-corrected chi connectivity index (χ2v) is 8.70. The van der Waals surface area contributed by atoms with Crippen molar-refractivity contribution in [3.05, 3.63) is 4.88 Å². The second kappa shape index (κ2) is 4.73. The summed E-state index contributed by atoms with van der Waals surface area (Å²) in [6, 6.07) is 0.322. The zero-order valence-electron chi connectivity index (χ0n) is 11.3. The molecule has 0 atom stereocenters. The Hall–Kier alpha value is -1.08. The zero-order chi connectivity index (χ0) is 14.5. The molecule has 2 saturated carbocycles. The fourth-order valence-corrected chi connectivity index (χ4v) is 4.85. The van der Waals surface area contributed by atoms with E-state index < -0.39 is 9.84 Å². The van der Waals surface area contributed by atoms with Crippen LogP contribution in [0, 0.1) is 5.92 Å². The van der Waals surface area contributed by atoms with Gasteiger partial charge >= 0.3 is 0 Å². The largest absolute Gasteiger partial charge is 0.396 e. The average Bonchev–Trinajstić information content (AvgIpc) is 3.27. The molecule has 2 aliphatic rings. The van der Waals surface area contributed by atoms with E-state index in [4.69, 9.17) is 5.73 Å². The Morgan fingerprint density at radius 3 is 2.50 bits per heavy atom. The van der Waals surface area contributed by atoms with Gasteiger partial charge in [0.05, 0.1) is 16.3 Å². The highest BCUT2D eigenvalue weighted by atomic mass is 32.2. The highest BCUT2D eigenvalue weighted by Crippen LogP contribution is 2.45. The summed E-state index contributed by atoms with van der Waals surface area (Å²) in [5, 5.41) is 3.76. The van der Waals surface area contributed by atoms with Gasteiger partial charge in [-0.2, -0.15) is 0 Å². The van der Waals surface area contributed by atoms with E-state index in [0.29, 0.717) is 15.9 Å². The highest BCUT2D eigenvalue weighted by Gasteiger charge is 2.37. The molecule has 0 aliphatic heterocycles. The third kappa shape index (κ3) is 2.44. The Labute approximate surface area is 122 Å². The van der Waals surface area contributed by atoms with Gasteiger partial charge in [-0.05, 0) is 25.7 Å². The molecule has 2 fully saturated rings. The molecule has 1 aromatic rings. The summed E-state index contributed by atoms with van der Waals surface area (Å²) < 4.78 is 24.5. The summed E-state index contributed by atoms with van der Waals surface area (Å²) in [5.41, 5.74) is 6.15. The van der Waals surface area contributed by atoms with Crippen LogP contribution in [0.25, 0.3) is 0 Å². The number of nitrogens with two attached hydrogens (primary N) is 1. The van der Waals surface area contributed by atoms with Crippen LogP contribution in [0.2, 0.25) is 0 Å². The molecule has 2 aliphatic carbocycles. The molecule has 0 aromatic carbocycles. The van der Waals surface area contributed by atoms with Crippen LogP contribution in [0.3, 0.4) is 0 Å². The maximum Gasteiger partial charge on any atom is 0.183 e. The van der Waals surface area contributed by atoms with E-state index in [1.807, 2.05) is 0 Å². The summed E-state index contributed by atoms with van der Waals surface area (Å²) in [6.45, 7) is 1.59. The maximum absolute atomic E-state index is 12.2. The molecular formula is C13H18N2O3S2. The number of Topliss-reactive ketones (excluding diaryl/α,β-unsaturated/α-hetero) is 1. The molecular weight excluding hydrogens is 296 g/mol. The van der Waals surface area contributed by atoms with Gasteiger partial charge in [0, 0.05) is 12.0 Å². The van der Waals surface area contributed by atoms with Crippen molar-refractivity contribution in [2.24, 2.45) is 5.92 Å². The van der Waals surface area contributed by atoms with Gasteiger partial charge in [-0.3, -0.25) is 4.79 Å². The van der Waals surface area contributed by atoms with Crippen molar-refractivity contribution in [2.45, 2.75) is 43.5 Å². The molecule has 0 amide bonds. The van der Waals surface area contributed by atoms with Gasteiger partial charge in [0.2, 0.25) is 0 Å². The number of hydrogen-bond donors (Lipinski definition) is 2. The lowest BCUT2D eigenvalue weighted by molar-refractivity contribution is 0.0972. The summed E-state index contributed by atoms with van der Waals surface area (Å²) in [7, 11) is -3.42. The van der Waals surface area contributed by atoms with Crippen LogP contribution in [0.15, 0.2) is 4.90 Å². The number of carbonyl (C=O) groups is 1. The van der Waals surface area contributed by atoms with E-state index in [1.165, 1.54) is 11.3 Å². The fraction of sp³-hybridized carbons (Fsp3) is 0.615. The van der Waals surface area contributed by atoms with Crippen LogP contribution in [0.1, 0.15) is 42.3 Å². The maximum atomic E-state index is 12.2. The molecule has 110 valence electrons. The van der Waals surface area contributed by atoms with Gasteiger partial charge in [0.1, 0.15) is 9.90 Å². The Bertz CT molecular complexity index is 655. The lowest BCUT2D eigenvalue weighted by atomic mass is 10.2. The zero-order valence-corrected chi connectivity index (χ0v) is 12.9. The summed E-state index contributed by atoms with van der Waals surface area (Å²) in [5.74, 6) is 0.0375. The number of nitrogens with one attached hydrogen (secondary N) is 1. The van der Waals surface area contributed by atoms with Gasteiger partial charge in [-0.15, -0.1) is 11.3 Å². The first-order chi connectivity index (χ1) is 9.44. The van der Waals surface area contributed by atoms with Crippen molar-refractivity contribution >= 4 is 37.6 Å². The molecule has 0 spiro atoms. The van der Waals surface area contributed by atoms with Crippen LogP contribution in [-0.2, 0) is 9.84 Å². The molecule has 3 rings (SSSR count). The highest BCUT2D eigenvalue weighted by molar-refractivity contribution is 7.92. The van der Waals surface area contributed by atoms with Crippen LogP contribution >= 0.6 is 11.3 Å². The molecule has 20 heavy (non-hydrogen) atoms. The van der Waals surface area contributed by atoms with Crippen LogP contribution in [0.4, 0.5) is 10.7 Å². The lowest BCUT2D eigenvalue weighted by Crippen LogP contribution is -2.10. The number of nitrogen functional groups attached to an aromatic ring is 1. The number of thiophene rings is 1. The van der Waals surface area contributed by atoms with Crippen LogP contribution in [0.5, 0.6) is 0 Å². The van der Waals surface area contributed by atoms with Crippen LogP contribution in [-0.4, -0.2) is 26.0 Å². The topological polar surface area (TPSA) is 89.3 Å². The van der Waals surface area contributed by atoms with Gasteiger partial charge in [-0.1, -0.05) is 6.92 Å². The summed E-state index contributed by atoms with van der Waals surface area (Å²) in [4.78, 5) is 12.8. The van der Waals surface area contributed by atoms with Crippen molar-refractivity contribution in [3.63, 3.8) is 0 Å². The molecule has 0 unspecified atom stereocenters. The van der Waals surface area contributed by atoms with Gasteiger partial charge in [0.25, 0.3) is 0 Å². The van der Waals surface area contributed by atoms with Crippen molar-refractivity contribution in [3.8, 4) is 0 Å². The minimum absolute atomic E-state index is 0.00361. The Morgan fingerprint density at radius 1 is 1.35 bits per heavy atom. The first-order valence-electron chi connectivity index (χ1n) is 6.89. The van der Waals surface area contributed by atoms with E-state index in [1.54, 1.807) is 6.92 Å². The first-order valence-corrected chi connectivity index (χ1v) is 9.36. The number of hydrogen-bond acceptors (Lipinski definition) is 6. The van der Waals surface area contributed by atoms with E-state index in [-0.39, 0.29) is 28.0 Å². The minimum Gasteiger partial charge on any atom is -0.396 e. The molecule has 0 radical (unpaired) electrons.